The highest BCUT2D eigenvalue weighted by atomic mass is 16.3. The minimum absolute atomic E-state index is 0.252. The third-order valence-electron chi connectivity index (χ3n) is 5.01. The van der Waals surface area contributed by atoms with Crippen LogP contribution in [0.5, 0.6) is 0 Å². The van der Waals surface area contributed by atoms with Crippen molar-refractivity contribution in [2.45, 2.75) is 27.6 Å². The van der Waals surface area contributed by atoms with Crippen LogP contribution in [-0.2, 0) is 7.05 Å². The molecule has 0 atom stereocenters. The van der Waals surface area contributed by atoms with Gasteiger partial charge in [0.1, 0.15) is 18.2 Å². The number of fused-ring (bicyclic) bond motifs is 3. The SMILES string of the molecule is [2H]C([2H])([2H])c1cc(C)c(-c2cc(C)cc(C)[n+]2C)c2oc3c([N+]#[C-])cccc3c12. The van der Waals surface area contributed by atoms with Gasteiger partial charge in [-0.3, -0.25) is 0 Å². The van der Waals surface area contributed by atoms with Crippen molar-refractivity contribution in [1.82, 2.24) is 0 Å². The normalized spacial score (nSPS) is 13.4. The highest BCUT2D eigenvalue weighted by molar-refractivity contribution is 6.14. The number of hydrogen-bond donors (Lipinski definition) is 0. The topological polar surface area (TPSA) is 21.4 Å². The molecule has 0 bridgehead atoms. The van der Waals surface area contributed by atoms with Crippen molar-refractivity contribution in [1.29, 1.82) is 0 Å². The van der Waals surface area contributed by atoms with E-state index in [1.54, 1.807) is 18.2 Å². The van der Waals surface area contributed by atoms with Crippen LogP contribution in [-0.4, -0.2) is 0 Å². The van der Waals surface area contributed by atoms with E-state index in [9.17, 15) is 0 Å². The lowest BCUT2D eigenvalue weighted by molar-refractivity contribution is -0.666. The zero-order chi connectivity index (χ0) is 21.1. The van der Waals surface area contributed by atoms with E-state index in [4.69, 9.17) is 15.1 Å². The Morgan fingerprint density at radius 3 is 2.62 bits per heavy atom. The average molecular weight is 344 g/mol. The molecule has 4 rings (SSSR count). The van der Waals surface area contributed by atoms with Gasteiger partial charge >= 0.3 is 0 Å². The molecule has 0 fully saturated rings. The minimum Gasteiger partial charge on any atom is -0.466 e. The Hall–Kier alpha value is -3.12. The highest BCUT2D eigenvalue weighted by Gasteiger charge is 2.24. The molecule has 2 heterocycles. The van der Waals surface area contributed by atoms with Gasteiger partial charge in [-0.05, 0) is 37.4 Å². The first kappa shape index (κ1) is 13.1. The van der Waals surface area contributed by atoms with E-state index in [1.807, 2.05) is 33.9 Å². The first-order valence-corrected chi connectivity index (χ1v) is 8.48. The molecule has 0 spiro atoms. The van der Waals surface area contributed by atoms with Gasteiger partial charge in [0.05, 0.1) is 12.1 Å². The van der Waals surface area contributed by atoms with Crippen molar-refractivity contribution in [2.75, 3.05) is 0 Å². The smallest absolute Gasteiger partial charge is 0.229 e. The van der Waals surface area contributed by atoms with E-state index >= 15 is 0 Å². The second kappa shape index (κ2) is 5.71. The third kappa shape index (κ3) is 2.23. The van der Waals surface area contributed by atoms with Crippen LogP contribution >= 0.6 is 0 Å². The quantitative estimate of drug-likeness (QED) is 0.313. The molecule has 128 valence electrons. The zero-order valence-electron chi connectivity index (χ0n) is 18.3. The number of hydrogen-bond acceptors (Lipinski definition) is 1. The molecule has 0 aliphatic rings. The van der Waals surface area contributed by atoms with E-state index in [0.717, 1.165) is 28.1 Å². The summed E-state index contributed by atoms with van der Waals surface area (Å²) >= 11 is 0. The maximum absolute atomic E-state index is 8.08. The fourth-order valence-corrected chi connectivity index (χ4v) is 3.70. The lowest BCUT2D eigenvalue weighted by Gasteiger charge is -2.10. The van der Waals surface area contributed by atoms with Gasteiger partial charge in [-0.1, -0.05) is 24.3 Å². The van der Waals surface area contributed by atoms with Gasteiger partial charge in [0.25, 0.3) is 0 Å². The van der Waals surface area contributed by atoms with E-state index < -0.39 is 6.85 Å². The molecule has 0 amide bonds. The van der Waals surface area contributed by atoms with Crippen LogP contribution in [0.15, 0.2) is 40.8 Å². The number of aryl methyl sites for hydroxylation is 4. The lowest BCUT2D eigenvalue weighted by Crippen LogP contribution is -2.35. The van der Waals surface area contributed by atoms with Gasteiger partial charge in [0.15, 0.2) is 5.69 Å². The molecule has 0 N–H and O–H groups in total. The average Bonchev–Trinajstić information content (AvgIpc) is 3.02. The van der Waals surface area contributed by atoms with Crippen LogP contribution in [0.3, 0.4) is 0 Å². The number of nitrogens with zero attached hydrogens (tertiary/aromatic N) is 2. The molecule has 0 aliphatic heterocycles. The van der Waals surface area contributed by atoms with Crippen molar-refractivity contribution in [2.24, 2.45) is 7.05 Å². The Bertz CT molecular complexity index is 1340. The molecular weight excluding hydrogens is 320 g/mol. The predicted molar refractivity (Wildman–Crippen MR) is 106 cm³/mol. The van der Waals surface area contributed by atoms with Gasteiger partial charge in [-0.15, -0.1) is 0 Å². The maximum Gasteiger partial charge on any atom is 0.229 e. The number of aromatic nitrogens is 1. The van der Waals surface area contributed by atoms with Crippen LogP contribution in [0.25, 0.3) is 38.0 Å². The zero-order valence-corrected chi connectivity index (χ0v) is 15.3. The molecule has 26 heavy (non-hydrogen) atoms. The molecule has 0 radical (unpaired) electrons. The van der Waals surface area contributed by atoms with E-state index in [-0.39, 0.29) is 5.56 Å². The first-order chi connectivity index (χ1) is 13.6. The van der Waals surface area contributed by atoms with Gasteiger partial charge in [0, 0.05) is 33.9 Å². The molecule has 4 aromatic rings. The van der Waals surface area contributed by atoms with Crippen molar-refractivity contribution in [3.8, 4) is 11.3 Å². The van der Waals surface area contributed by atoms with Gasteiger partial charge < -0.3 is 4.42 Å². The Kier molecular flexibility index (Phi) is 2.88. The monoisotopic (exact) mass is 344 g/mol. The summed E-state index contributed by atoms with van der Waals surface area (Å²) in [5, 5.41) is 1.22. The Morgan fingerprint density at radius 2 is 1.88 bits per heavy atom. The number of rotatable bonds is 1. The second-order valence-corrected chi connectivity index (χ2v) is 6.81. The summed E-state index contributed by atoms with van der Waals surface area (Å²) in [4.78, 5) is 3.57. The van der Waals surface area contributed by atoms with E-state index in [1.165, 1.54) is 0 Å². The lowest BCUT2D eigenvalue weighted by atomic mass is 9.96. The Morgan fingerprint density at radius 1 is 1.08 bits per heavy atom. The van der Waals surface area contributed by atoms with Crippen LogP contribution in [0.4, 0.5) is 5.69 Å². The molecular formula is C23H21N2O+. The Labute approximate surface area is 157 Å². The van der Waals surface area contributed by atoms with Crippen molar-refractivity contribution >= 4 is 27.6 Å². The van der Waals surface area contributed by atoms with Crippen molar-refractivity contribution in [3.63, 3.8) is 0 Å². The minimum atomic E-state index is -2.29. The Balaban J connectivity index is 2.27. The van der Waals surface area contributed by atoms with E-state index in [2.05, 4.69) is 21.5 Å². The third-order valence-corrected chi connectivity index (χ3v) is 5.01. The van der Waals surface area contributed by atoms with Gasteiger partial charge in [-0.25, -0.2) is 4.85 Å². The van der Waals surface area contributed by atoms with Crippen LogP contribution in [0.1, 0.15) is 26.5 Å². The molecule has 0 aliphatic carbocycles. The molecule has 2 aromatic carbocycles. The van der Waals surface area contributed by atoms with Crippen LogP contribution < -0.4 is 4.57 Å². The van der Waals surface area contributed by atoms with Gasteiger partial charge in [-0.2, -0.15) is 4.57 Å². The summed E-state index contributed by atoms with van der Waals surface area (Å²) in [5.74, 6) is 0. The molecule has 0 unspecified atom stereocenters. The molecule has 3 nitrogen and oxygen atoms in total. The first-order valence-electron chi connectivity index (χ1n) is 9.98. The van der Waals surface area contributed by atoms with Crippen LogP contribution in [0, 0.1) is 34.2 Å². The summed E-state index contributed by atoms with van der Waals surface area (Å²) in [6, 6.07) is 11.2. The summed E-state index contributed by atoms with van der Waals surface area (Å²) < 4.78 is 32.5. The highest BCUT2D eigenvalue weighted by Crippen LogP contribution is 2.41. The van der Waals surface area contributed by atoms with Crippen LogP contribution in [0.2, 0.25) is 0 Å². The molecule has 0 saturated carbocycles. The number of para-hydroxylation sites is 1. The van der Waals surface area contributed by atoms with Crippen molar-refractivity contribution in [3.05, 3.63) is 70.2 Å². The maximum atomic E-state index is 8.08. The summed E-state index contributed by atoms with van der Waals surface area (Å²) in [7, 11) is 1.99. The number of pyridine rings is 1. The van der Waals surface area contributed by atoms with Gasteiger partial charge in [0.2, 0.25) is 11.4 Å². The molecule has 0 saturated heterocycles. The fourth-order valence-electron chi connectivity index (χ4n) is 3.70. The molecule has 3 heteroatoms. The van der Waals surface area contributed by atoms with E-state index in [0.29, 0.717) is 27.6 Å². The summed E-state index contributed by atoms with van der Waals surface area (Å²) in [6.07, 6.45) is 0. The molecule has 2 aromatic heterocycles. The second-order valence-electron chi connectivity index (χ2n) is 6.81. The summed E-state index contributed by atoms with van der Waals surface area (Å²) in [5.41, 5.74) is 6.41. The number of benzene rings is 2. The van der Waals surface area contributed by atoms with Crippen molar-refractivity contribution < 1.29 is 13.1 Å². The largest absolute Gasteiger partial charge is 0.466 e. The fraction of sp³-hybridized carbons (Fsp3) is 0.217. The standard InChI is InChI=1S/C23H21N2O/c1-13-10-16(4)25(6)19(11-13)21-15(3)12-14(2)20-17-8-7-9-18(24-5)22(17)26-23(20)21/h7-12H,1-4,6H3/q+1/i2D3. The summed E-state index contributed by atoms with van der Waals surface area (Å²) in [6.45, 7) is 11.2. The predicted octanol–water partition coefficient (Wildman–Crippen LogP) is 5.86. The number of furan rings is 1.